The molecule has 4 rings (SSSR count). The van der Waals surface area contributed by atoms with Gasteiger partial charge in [0.25, 0.3) is 5.91 Å². The zero-order chi connectivity index (χ0) is 25.7. The van der Waals surface area contributed by atoms with Crippen molar-refractivity contribution in [3.05, 3.63) is 66.6 Å². The van der Waals surface area contributed by atoms with Crippen molar-refractivity contribution in [2.75, 3.05) is 25.0 Å². The molecule has 0 unspecified atom stereocenters. The molecule has 0 spiro atoms. The van der Waals surface area contributed by atoms with Crippen molar-refractivity contribution in [3.8, 4) is 0 Å². The lowest BCUT2D eigenvalue weighted by atomic mass is 10.0. The molecular weight excluding hydrogens is 473 g/mol. The molecule has 11 heteroatoms. The highest BCUT2D eigenvalue weighted by Gasteiger charge is 2.33. The van der Waals surface area contributed by atoms with Crippen molar-refractivity contribution in [1.82, 2.24) is 25.0 Å². The van der Waals surface area contributed by atoms with Crippen LogP contribution in [0.25, 0.3) is 10.9 Å². The van der Waals surface area contributed by atoms with Gasteiger partial charge in [0.1, 0.15) is 17.9 Å². The van der Waals surface area contributed by atoms with E-state index in [0.29, 0.717) is 35.7 Å². The van der Waals surface area contributed by atoms with Gasteiger partial charge in [-0.15, -0.1) is 6.58 Å². The van der Waals surface area contributed by atoms with Crippen LogP contribution in [0.15, 0.2) is 55.3 Å². The normalized spacial score (nSPS) is 14.7. The molecule has 1 aromatic carbocycles. The maximum Gasteiger partial charge on any atom is 0.433 e. The Hall–Kier alpha value is -3.73. The minimum absolute atomic E-state index is 0. The molecule has 2 aromatic heterocycles. The van der Waals surface area contributed by atoms with Gasteiger partial charge in [-0.25, -0.2) is 4.98 Å². The Morgan fingerprint density at radius 2 is 1.97 bits per heavy atom. The van der Waals surface area contributed by atoms with E-state index < -0.39 is 17.8 Å². The van der Waals surface area contributed by atoms with Gasteiger partial charge in [0.05, 0.1) is 5.52 Å². The first-order valence-corrected chi connectivity index (χ1v) is 11.7. The molecule has 0 aliphatic carbocycles. The highest BCUT2D eigenvalue weighted by atomic mass is 19.4. The fourth-order valence-corrected chi connectivity index (χ4v) is 4.11. The standard InChI is InChI=1S/C25H27F3N6O2.H2/c1-2-3-11-29-18-9-12-33(13-10-18)23(35)16-34-15-17-14-19(7-8-20(17)32-34)30-24(36)21-5-4-6-22(31-21)25(26,27)28;/h2,4-8,14-15,18,29H,1,3,9-13,16H2,(H,30,36);1H. The third-order valence-electron chi connectivity index (χ3n) is 6.01. The summed E-state index contributed by atoms with van der Waals surface area (Å²) in [5, 5.41) is 11.1. The summed E-state index contributed by atoms with van der Waals surface area (Å²) in [7, 11) is 0. The van der Waals surface area contributed by atoms with Crippen LogP contribution in [0.1, 0.15) is 36.9 Å². The average Bonchev–Trinajstić information content (AvgIpc) is 3.25. The summed E-state index contributed by atoms with van der Waals surface area (Å²) in [6.45, 7) is 6.08. The van der Waals surface area contributed by atoms with Crippen molar-refractivity contribution in [3.63, 3.8) is 0 Å². The molecule has 2 amide bonds. The average molecular weight is 503 g/mol. The van der Waals surface area contributed by atoms with Gasteiger partial charge in [-0.2, -0.15) is 18.3 Å². The number of pyridine rings is 1. The summed E-state index contributed by atoms with van der Waals surface area (Å²) in [6.07, 6.45) is 1.65. The van der Waals surface area contributed by atoms with Crippen molar-refractivity contribution >= 4 is 28.4 Å². The van der Waals surface area contributed by atoms with E-state index in [2.05, 4.69) is 27.3 Å². The van der Waals surface area contributed by atoms with E-state index in [0.717, 1.165) is 37.9 Å². The second-order valence-electron chi connectivity index (χ2n) is 8.65. The third kappa shape index (κ3) is 6.28. The molecule has 0 radical (unpaired) electrons. The lowest BCUT2D eigenvalue weighted by molar-refractivity contribution is -0.141. The van der Waals surface area contributed by atoms with Crippen molar-refractivity contribution in [1.29, 1.82) is 0 Å². The van der Waals surface area contributed by atoms with Crippen molar-refractivity contribution in [2.45, 2.75) is 38.0 Å². The SMILES string of the molecule is C=CCCNC1CCN(C(=O)Cn2cc3cc(NC(=O)c4cccc(C(F)(F)F)n4)ccc3n2)CC1.[HH]. The van der Waals surface area contributed by atoms with E-state index >= 15 is 0 Å². The van der Waals surface area contributed by atoms with Crippen LogP contribution >= 0.6 is 0 Å². The molecular formula is C25H29F3N6O2. The Morgan fingerprint density at radius 1 is 1.19 bits per heavy atom. The number of alkyl halides is 3. The number of amides is 2. The summed E-state index contributed by atoms with van der Waals surface area (Å²) in [5.74, 6) is -0.776. The second-order valence-corrected chi connectivity index (χ2v) is 8.65. The number of halogens is 3. The van der Waals surface area contributed by atoms with Crippen LogP contribution in [0, 0.1) is 0 Å². The van der Waals surface area contributed by atoms with Gasteiger partial charge in [0.2, 0.25) is 5.91 Å². The fourth-order valence-electron chi connectivity index (χ4n) is 4.11. The molecule has 0 atom stereocenters. The van der Waals surface area contributed by atoms with Crippen LogP contribution in [0.5, 0.6) is 0 Å². The predicted octanol–water partition coefficient (Wildman–Crippen LogP) is 4.11. The monoisotopic (exact) mass is 502 g/mol. The Kier molecular flexibility index (Phi) is 7.68. The highest BCUT2D eigenvalue weighted by molar-refractivity contribution is 6.03. The van der Waals surface area contributed by atoms with Crippen LogP contribution in [-0.4, -0.2) is 57.2 Å². The Morgan fingerprint density at radius 3 is 2.69 bits per heavy atom. The van der Waals surface area contributed by atoms with E-state index in [9.17, 15) is 22.8 Å². The summed E-state index contributed by atoms with van der Waals surface area (Å²) in [4.78, 5) is 30.4. The van der Waals surface area contributed by atoms with Gasteiger partial charge in [0.15, 0.2) is 0 Å². The lowest BCUT2D eigenvalue weighted by Gasteiger charge is -2.32. The van der Waals surface area contributed by atoms with Crippen LogP contribution in [0.2, 0.25) is 0 Å². The van der Waals surface area contributed by atoms with Crippen LogP contribution < -0.4 is 10.6 Å². The number of aromatic nitrogens is 3. The van der Waals surface area contributed by atoms with Gasteiger partial charge in [-0.1, -0.05) is 12.1 Å². The zero-order valence-electron chi connectivity index (χ0n) is 19.6. The largest absolute Gasteiger partial charge is 0.433 e. The van der Waals surface area contributed by atoms with E-state index in [1.807, 2.05) is 11.0 Å². The molecule has 1 aliphatic rings. The van der Waals surface area contributed by atoms with E-state index in [1.165, 1.54) is 6.07 Å². The molecule has 0 saturated carbocycles. The number of hydrogen-bond donors (Lipinski definition) is 2. The maximum atomic E-state index is 12.9. The molecule has 0 bridgehead atoms. The summed E-state index contributed by atoms with van der Waals surface area (Å²) >= 11 is 0. The highest BCUT2D eigenvalue weighted by Crippen LogP contribution is 2.27. The number of rotatable bonds is 8. The molecule has 1 fully saturated rings. The van der Waals surface area contributed by atoms with Crippen LogP contribution in [0.4, 0.5) is 18.9 Å². The number of anilines is 1. The first kappa shape index (κ1) is 25.4. The topological polar surface area (TPSA) is 92.2 Å². The number of piperidine rings is 1. The molecule has 8 nitrogen and oxygen atoms in total. The first-order chi connectivity index (χ1) is 17.2. The summed E-state index contributed by atoms with van der Waals surface area (Å²) in [6, 6.07) is 8.48. The molecule has 1 aliphatic heterocycles. The molecule has 2 N–H and O–H groups in total. The number of nitrogens with zero attached hydrogens (tertiary/aromatic N) is 4. The number of carbonyl (C=O) groups excluding carboxylic acids is 2. The second kappa shape index (κ2) is 10.9. The number of nitrogens with one attached hydrogen (secondary N) is 2. The Bertz CT molecular complexity index is 1250. The van der Waals surface area contributed by atoms with E-state index in [4.69, 9.17) is 0 Å². The minimum atomic E-state index is -4.64. The minimum Gasteiger partial charge on any atom is -0.341 e. The molecule has 3 aromatic rings. The number of hydrogen-bond acceptors (Lipinski definition) is 5. The van der Waals surface area contributed by atoms with Crippen molar-refractivity contribution in [2.24, 2.45) is 0 Å². The van der Waals surface area contributed by atoms with Gasteiger partial charge in [-0.3, -0.25) is 14.3 Å². The number of benzene rings is 1. The number of carbonyl (C=O) groups is 2. The number of fused-ring (bicyclic) bond motifs is 1. The van der Waals surface area contributed by atoms with E-state index in [-0.39, 0.29) is 19.6 Å². The molecule has 1 saturated heterocycles. The van der Waals surface area contributed by atoms with Gasteiger partial charge in [-0.05, 0) is 56.1 Å². The summed E-state index contributed by atoms with van der Waals surface area (Å²) in [5.41, 5.74) is -0.470. The van der Waals surface area contributed by atoms with Crippen LogP contribution in [0.3, 0.4) is 0 Å². The Labute approximate surface area is 207 Å². The third-order valence-corrected chi connectivity index (χ3v) is 6.01. The van der Waals surface area contributed by atoms with Gasteiger partial charge >= 0.3 is 6.18 Å². The molecule has 192 valence electrons. The van der Waals surface area contributed by atoms with Crippen molar-refractivity contribution < 1.29 is 24.2 Å². The first-order valence-electron chi connectivity index (χ1n) is 11.7. The van der Waals surface area contributed by atoms with Gasteiger partial charge in [0, 0.05) is 37.8 Å². The van der Waals surface area contributed by atoms with E-state index in [1.54, 1.807) is 29.1 Å². The quantitative estimate of drug-likeness (QED) is 0.357. The molecule has 36 heavy (non-hydrogen) atoms. The smallest absolute Gasteiger partial charge is 0.341 e. The predicted molar refractivity (Wildman–Crippen MR) is 131 cm³/mol. The van der Waals surface area contributed by atoms with Gasteiger partial charge < -0.3 is 15.5 Å². The molecule has 3 heterocycles. The summed E-state index contributed by atoms with van der Waals surface area (Å²) < 4.78 is 40.2. The fraction of sp³-hybridized carbons (Fsp3) is 0.360. The zero-order valence-corrected chi connectivity index (χ0v) is 19.6. The number of likely N-dealkylation sites (tertiary alicyclic amines) is 1. The van der Waals surface area contributed by atoms with Crippen LogP contribution in [-0.2, 0) is 17.5 Å². The lowest BCUT2D eigenvalue weighted by Crippen LogP contribution is -2.46. The Balaban J connectivity index is 0.00000380. The maximum absolute atomic E-state index is 12.9.